The van der Waals surface area contributed by atoms with Gasteiger partial charge in [-0.15, -0.1) is 0 Å². The first-order chi connectivity index (χ1) is 9.78. The molecule has 1 atom stereocenters. The van der Waals surface area contributed by atoms with Gasteiger partial charge in [0.25, 0.3) is 0 Å². The highest BCUT2D eigenvalue weighted by molar-refractivity contribution is 7.99. The smallest absolute Gasteiger partial charge is 0.234 e. The van der Waals surface area contributed by atoms with Gasteiger partial charge in [0.15, 0.2) is 0 Å². The van der Waals surface area contributed by atoms with Crippen LogP contribution in [-0.4, -0.2) is 37.1 Å². The van der Waals surface area contributed by atoms with E-state index in [9.17, 15) is 4.79 Å². The van der Waals surface area contributed by atoms with E-state index >= 15 is 0 Å². The van der Waals surface area contributed by atoms with Crippen LogP contribution in [0, 0.1) is 0 Å². The van der Waals surface area contributed by atoms with Gasteiger partial charge in [-0.25, -0.2) is 0 Å². The summed E-state index contributed by atoms with van der Waals surface area (Å²) in [4.78, 5) is 11.8. The molecule has 1 aliphatic rings. The molecule has 4 nitrogen and oxygen atoms in total. The van der Waals surface area contributed by atoms with E-state index in [4.69, 9.17) is 4.74 Å². The van der Waals surface area contributed by atoms with Crippen molar-refractivity contribution in [3.8, 4) is 5.75 Å². The van der Waals surface area contributed by atoms with Gasteiger partial charge in [0.05, 0.1) is 13.7 Å². The Morgan fingerprint density at radius 2 is 2.20 bits per heavy atom. The summed E-state index contributed by atoms with van der Waals surface area (Å²) in [5, 5.41) is 6.25. The molecular formula is C15H22N2O2S. The maximum absolute atomic E-state index is 11.8. The summed E-state index contributed by atoms with van der Waals surface area (Å²) < 4.78 is 5.10. The maximum atomic E-state index is 11.8. The fourth-order valence-corrected chi connectivity index (χ4v) is 3.25. The lowest BCUT2D eigenvalue weighted by atomic mass is 10.2. The summed E-state index contributed by atoms with van der Waals surface area (Å²) in [6.45, 7) is 0.964. The quantitative estimate of drug-likeness (QED) is 0.840. The second kappa shape index (κ2) is 8.17. The van der Waals surface area contributed by atoms with Crippen LogP contribution < -0.4 is 15.4 Å². The van der Waals surface area contributed by atoms with Crippen LogP contribution in [-0.2, 0) is 11.3 Å². The Morgan fingerprint density at radius 3 is 2.85 bits per heavy atom. The molecule has 0 aliphatic carbocycles. The number of rotatable bonds is 6. The number of methoxy groups -OCH3 is 1. The van der Waals surface area contributed by atoms with Gasteiger partial charge in [-0.1, -0.05) is 12.1 Å². The van der Waals surface area contributed by atoms with Crippen LogP contribution in [0.5, 0.6) is 5.75 Å². The second-order valence-electron chi connectivity index (χ2n) is 4.92. The minimum Gasteiger partial charge on any atom is -0.497 e. The van der Waals surface area contributed by atoms with Crippen LogP contribution in [0.4, 0.5) is 0 Å². The molecule has 1 fully saturated rings. The SMILES string of the molecule is COc1ccc(CNC(=O)CN[C@H]2CCCSC2)cc1. The maximum Gasteiger partial charge on any atom is 0.234 e. The average Bonchev–Trinajstić information content (AvgIpc) is 2.52. The van der Waals surface area contributed by atoms with Crippen molar-refractivity contribution < 1.29 is 9.53 Å². The van der Waals surface area contributed by atoms with Gasteiger partial charge in [0, 0.05) is 18.3 Å². The molecule has 0 aromatic heterocycles. The molecule has 1 heterocycles. The van der Waals surface area contributed by atoms with Crippen molar-refractivity contribution in [3.05, 3.63) is 29.8 Å². The molecule has 0 saturated carbocycles. The summed E-state index contributed by atoms with van der Waals surface area (Å²) >= 11 is 1.96. The number of benzene rings is 1. The van der Waals surface area contributed by atoms with E-state index in [0.29, 0.717) is 19.1 Å². The molecule has 110 valence electrons. The van der Waals surface area contributed by atoms with Crippen molar-refractivity contribution in [1.29, 1.82) is 0 Å². The molecule has 2 rings (SSSR count). The zero-order chi connectivity index (χ0) is 14.2. The van der Waals surface area contributed by atoms with Crippen LogP contribution >= 0.6 is 11.8 Å². The zero-order valence-electron chi connectivity index (χ0n) is 11.9. The number of carbonyl (C=O) groups is 1. The Labute approximate surface area is 124 Å². The molecule has 1 aromatic rings. The third-order valence-corrected chi connectivity index (χ3v) is 4.58. The molecule has 0 unspecified atom stereocenters. The normalized spacial score (nSPS) is 18.6. The number of hydrogen-bond donors (Lipinski definition) is 2. The van der Waals surface area contributed by atoms with Crippen LogP contribution in [0.25, 0.3) is 0 Å². The fraction of sp³-hybridized carbons (Fsp3) is 0.533. The lowest BCUT2D eigenvalue weighted by Crippen LogP contribution is -2.41. The summed E-state index contributed by atoms with van der Waals surface area (Å²) in [5.74, 6) is 3.25. The molecule has 1 aromatic carbocycles. The molecule has 2 N–H and O–H groups in total. The first-order valence-electron chi connectivity index (χ1n) is 6.98. The Kier molecular flexibility index (Phi) is 6.21. The van der Waals surface area contributed by atoms with Gasteiger partial charge < -0.3 is 15.4 Å². The van der Waals surface area contributed by atoms with Gasteiger partial charge in [-0.05, 0) is 36.3 Å². The van der Waals surface area contributed by atoms with Crippen LogP contribution in [0.2, 0.25) is 0 Å². The van der Waals surface area contributed by atoms with Gasteiger partial charge in [-0.3, -0.25) is 4.79 Å². The van der Waals surface area contributed by atoms with E-state index in [2.05, 4.69) is 10.6 Å². The molecule has 1 amide bonds. The number of ether oxygens (including phenoxy) is 1. The van der Waals surface area contributed by atoms with Crippen LogP contribution in [0.3, 0.4) is 0 Å². The van der Waals surface area contributed by atoms with Crippen molar-refractivity contribution >= 4 is 17.7 Å². The van der Waals surface area contributed by atoms with Crippen LogP contribution in [0.1, 0.15) is 18.4 Å². The standard InChI is InChI=1S/C15H22N2O2S/c1-19-14-6-4-12(5-7-14)9-17-15(18)10-16-13-3-2-8-20-11-13/h4-7,13,16H,2-3,8-11H2,1H3,(H,17,18)/t13-/m0/s1. The number of carbonyl (C=O) groups excluding carboxylic acids is 1. The van der Waals surface area contributed by atoms with Gasteiger partial charge in [0.1, 0.15) is 5.75 Å². The average molecular weight is 294 g/mol. The topological polar surface area (TPSA) is 50.4 Å². The van der Waals surface area contributed by atoms with Gasteiger partial charge in [-0.2, -0.15) is 11.8 Å². The first kappa shape index (κ1) is 15.2. The fourth-order valence-electron chi connectivity index (χ4n) is 2.15. The van der Waals surface area contributed by atoms with Crippen molar-refractivity contribution in [1.82, 2.24) is 10.6 Å². The predicted molar refractivity (Wildman–Crippen MR) is 83.2 cm³/mol. The van der Waals surface area contributed by atoms with E-state index in [1.165, 1.54) is 18.6 Å². The van der Waals surface area contributed by atoms with E-state index < -0.39 is 0 Å². The Bertz CT molecular complexity index is 416. The van der Waals surface area contributed by atoms with Crippen molar-refractivity contribution in [2.45, 2.75) is 25.4 Å². The lowest BCUT2D eigenvalue weighted by Gasteiger charge is -2.22. The van der Waals surface area contributed by atoms with E-state index in [-0.39, 0.29) is 5.91 Å². The highest BCUT2D eigenvalue weighted by Gasteiger charge is 2.13. The predicted octanol–water partition coefficient (Wildman–Crippen LogP) is 1.80. The summed E-state index contributed by atoms with van der Waals surface area (Å²) in [5.41, 5.74) is 1.08. The summed E-state index contributed by atoms with van der Waals surface area (Å²) in [6, 6.07) is 8.22. The zero-order valence-corrected chi connectivity index (χ0v) is 12.7. The molecule has 0 bridgehead atoms. The van der Waals surface area contributed by atoms with Crippen LogP contribution in [0.15, 0.2) is 24.3 Å². The summed E-state index contributed by atoms with van der Waals surface area (Å²) in [6.07, 6.45) is 2.43. The second-order valence-corrected chi connectivity index (χ2v) is 6.07. The molecule has 0 radical (unpaired) electrons. The first-order valence-corrected chi connectivity index (χ1v) is 8.14. The van der Waals surface area contributed by atoms with Gasteiger partial charge in [0.2, 0.25) is 5.91 Å². The minimum absolute atomic E-state index is 0.0522. The number of amides is 1. The third kappa shape index (κ3) is 5.06. The van der Waals surface area contributed by atoms with E-state index in [1.54, 1.807) is 7.11 Å². The number of hydrogen-bond acceptors (Lipinski definition) is 4. The molecule has 20 heavy (non-hydrogen) atoms. The van der Waals surface area contributed by atoms with E-state index in [0.717, 1.165) is 17.1 Å². The number of nitrogens with one attached hydrogen (secondary N) is 2. The molecule has 0 spiro atoms. The Morgan fingerprint density at radius 1 is 1.40 bits per heavy atom. The monoisotopic (exact) mass is 294 g/mol. The number of thioether (sulfide) groups is 1. The summed E-state index contributed by atoms with van der Waals surface area (Å²) in [7, 11) is 1.64. The molecule has 5 heteroatoms. The highest BCUT2D eigenvalue weighted by Crippen LogP contribution is 2.16. The largest absolute Gasteiger partial charge is 0.497 e. The third-order valence-electron chi connectivity index (χ3n) is 3.36. The van der Waals surface area contributed by atoms with Crippen molar-refractivity contribution in [2.75, 3.05) is 25.2 Å². The minimum atomic E-state index is 0.0522. The van der Waals surface area contributed by atoms with Gasteiger partial charge >= 0.3 is 0 Å². The molecule has 1 saturated heterocycles. The molecule has 1 aliphatic heterocycles. The highest BCUT2D eigenvalue weighted by atomic mass is 32.2. The van der Waals surface area contributed by atoms with E-state index in [1.807, 2.05) is 36.0 Å². The Balaban J connectivity index is 1.66. The van der Waals surface area contributed by atoms with Crippen molar-refractivity contribution in [2.24, 2.45) is 0 Å². The van der Waals surface area contributed by atoms with Crippen molar-refractivity contribution in [3.63, 3.8) is 0 Å². The lowest BCUT2D eigenvalue weighted by molar-refractivity contribution is -0.120. The Hall–Kier alpha value is -1.20. The molecular weight excluding hydrogens is 272 g/mol.